The fourth-order valence-corrected chi connectivity index (χ4v) is 4.93. The SMILES string of the molecule is CC.CC.CC/C(Cl)=C\C(C)(CC)C(C)(C)C.CCCC(OC)C(C)C(CC)CC(C)C(C)NC(C)C(C)C.CN. The highest BCUT2D eigenvalue weighted by Gasteiger charge is 2.33. The highest BCUT2D eigenvalue weighted by atomic mass is 35.5. The zero-order valence-electron chi connectivity index (χ0n) is 32.2. The molecule has 0 radical (unpaired) electrons. The standard InChI is InChI=1S/C20H43NO.C12H23Cl.2C2H6.CH5N/c1-10-12-20(22-9)16(6)19(11-2)13-15(5)18(8)21-17(7)14(3)4;1-7-10(13)9-12(6,8-2)11(3,4)5;3*1-2/h14-21H,10-13H2,1-9H3;9H,7-8H2,1-6H3;2*1-2H3;2H2,1H3/b;10-9+;;;. The number of nitrogens with two attached hydrogens (primary N) is 1. The van der Waals surface area contributed by atoms with E-state index in [1.165, 1.54) is 32.7 Å². The third-order valence-electron chi connectivity index (χ3n) is 9.04. The van der Waals surface area contributed by atoms with Crippen LogP contribution in [0.5, 0.6) is 0 Å². The predicted octanol–water partition coefficient (Wildman–Crippen LogP) is 12.1. The van der Waals surface area contributed by atoms with E-state index in [-0.39, 0.29) is 10.8 Å². The average Bonchev–Trinajstić information content (AvgIpc) is 2.96. The maximum atomic E-state index is 6.10. The molecule has 0 aliphatic heterocycles. The Labute approximate surface area is 268 Å². The molecule has 3 N–H and O–H groups in total. The molecule has 41 heavy (non-hydrogen) atoms. The molecule has 254 valence electrons. The van der Waals surface area contributed by atoms with Crippen LogP contribution in [0.3, 0.4) is 0 Å². The third-order valence-corrected chi connectivity index (χ3v) is 9.42. The van der Waals surface area contributed by atoms with Gasteiger partial charge in [-0.1, -0.05) is 141 Å². The van der Waals surface area contributed by atoms with Gasteiger partial charge in [0.15, 0.2) is 0 Å². The van der Waals surface area contributed by atoms with Crippen LogP contribution in [-0.2, 0) is 4.74 Å². The summed E-state index contributed by atoms with van der Waals surface area (Å²) in [7, 11) is 3.38. The fraction of sp³-hybridized carbons (Fsp3) is 0.946. The number of hydrogen-bond acceptors (Lipinski definition) is 3. The van der Waals surface area contributed by atoms with Crippen molar-refractivity contribution >= 4 is 11.6 Å². The van der Waals surface area contributed by atoms with Gasteiger partial charge in [-0.05, 0) is 81.1 Å². The summed E-state index contributed by atoms with van der Waals surface area (Å²) in [5.74, 6) is 2.79. The summed E-state index contributed by atoms with van der Waals surface area (Å²) in [5, 5.41) is 4.77. The van der Waals surface area contributed by atoms with E-state index < -0.39 is 0 Å². The van der Waals surface area contributed by atoms with Crippen LogP contribution < -0.4 is 11.1 Å². The van der Waals surface area contributed by atoms with E-state index in [4.69, 9.17) is 16.3 Å². The molecule has 0 fully saturated rings. The Balaban J connectivity index is -0.000000193. The minimum absolute atomic E-state index is 0.208. The predicted molar refractivity (Wildman–Crippen MR) is 194 cm³/mol. The van der Waals surface area contributed by atoms with E-state index in [1.54, 1.807) is 0 Å². The normalized spacial score (nSPS) is 17.3. The van der Waals surface area contributed by atoms with Gasteiger partial charge in [0.1, 0.15) is 0 Å². The maximum Gasteiger partial charge on any atom is 0.0599 e. The molecule has 0 amide bonds. The molecule has 0 aromatic rings. The van der Waals surface area contributed by atoms with Gasteiger partial charge in [0.2, 0.25) is 0 Å². The lowest BCUT2D eigenvalue weighted by Gasteiger charge is -2.39. The number of ether oxygens (including phenoxy) is 1. The molecule has 3 nitrogen and oxygen atoms in total. The second kappa shape index (κ2) is 30.0. The summed E-state index contributed by atoms with van der Waals surface area (Å²) in [6.45, 7) is 40.0. The van der Waals surface area contributed by atoms with Crippen molar-refractivity contribution in [3.8, 4) is 0 Å². The number of rotatable bonds is 15. The van der Waals surface area contributed by atoms with Crippen molar-refractivity contribution in [2.24, 2.45) is 40.2 Å². The van der Waals surface area contributed by atoms with Crippen LogP contribution in [0, 0.1) is 34.5 Å². The lowest BCUT2D eigenvalue weighted by Crippen LogP contribution is -2.42. The lowest BCUT2D eigenvalue weighted by atomic mass is 9.66. The van der Waals surface area contributed by atoms with Gasteiger partial charge in [0.05, 0.1) is 6.10 Å². The van der Waals surface area contributed by atoms with Crippen molar-refractivity contribution in [3.63, 3.8) is 0 Å². The molecular weight excluding hydrogens is 524 g/mol. The Kier molecular flexibility index (Phi) is 36.9. The first-order valence-corrected chi connectivity index (χ1v) is 17.7. The van der Waals surface area contributed by atoms with Gasteiger partial charge in [-0.15, -0.1) is 0 Å². The van der Waals surface area contributed by atoms with Crippen molar-refractivity contribution in [1.29, 1.82) is 0 Å². The highest BCUT2D eigenvalue weighted by molar-refractivity contribution is 6.29. The van der Waals surface area contributed by atoms with Gasteiger partial charge in [0, 0.05) is 24.2 Å². The van der Waals surface area contributed by atoms with E-state index >= 15 is 0 Å². The molecule has 0 bridgehead atoms. The first-order valence-electron chi connectivity index (χ1n) is 17.3. The molecule has 0 heterocycles. The van der Waals surface area contributed by atoms with Gasteiger partial charge in [-0.2, -0.15) is 0 Å². The molecule has 4 heteroatoms. The molecule has 0 aliphatic rings. The number of hydrogen-bond donors (Lipinski definition) is 2. The number of allylic oxidation sites excluding steroid dienone is 2. The minimum Gasteiger partial charge on any atom is -0.381 e. The van der Waals surface area contributed by atoms with E-state index in [2.05, 4.69) is 114 Å². The molecule has 0 spiro atoms. The highest BCUT2D eigenvalue weighted by Crippen LogP contribution is 2.43. The van der Waals surface area contributed by atoms with Crippen molar-refractivity contribution in [2.75, 3.05) is 14.2 Å². The van der Waals surface area contributed by atoms with Crippen molar-refractivity contribution < 1.29 is 4.74 Å². The van der Waals surface area contributed by atoms with Crippen LogP contribution in [0.25, 0.3) is 0 Å². The third kappa shape index (κ3) is 23.0. The fourth-order valence-electron chi connectivity index (χ4n) is 4.69. The zero-order chi connectivity index (χ0) is 34.0. The summed E-state index contributed by atoms with van der Waals surface area (Å²) in [5.41, 5.74) is 4.98. The molecular formula is C37H83ClN2O. The Bertz CT molecular complexity index is 558. The maximum absolute atomic E-state index is 6.10. The summed E-state index contributed by atoms with van der Waals surface area (Å²) >= 11 is 6.10. The van der Waals surface area contributed by atoms with Crippen molar-refractivity contribution in [1.82, 2.24) is 5.32 Å². The molecule has 7 atom stereocenters. The first kappa shape index (κ1) is 50.5. The quantitative estimate of drug-likeness (QED) is 0.195. The topological polar surface area (TPSA) is 47.3 Å². The van der Waals surface area contributed by atoms with E-state index in [9.17, 15) is 0 Å². The second-order valence-electron chi connectivity index (χ2n) is 12.8. The minimum atomic E-state index is 0.208. The molecule has 7 unspecified atom stereocenters. The van der Waals surface area contributed by atoms with Crippen LogP contribution in [0.15, 0.2) is 11.1 Å². The van der Waals surface area contributed by atoms with Crippen LogP contribution >= 0.6 is 11.6 Å². The summed E-state index contributed by atoms with van der Waals surface area (Å²) in [6, 6.07) is 1.16. The van der Waals surface area contributed by atoms with Crippen LogP contribution in [0.1, 0.15) is 163 Å². The lowest BCUT2D eigenvalue weighted by molar-refractivity contribution is 0.0209. The van der Waals surface area contributed by atoms with Gasteiger partial charge in [0.25, 0.3) is 0 Å². The summed E-state index contributed by atoms with van der Waals surface area (Å²) in [6.07, 6.45) is 9.65. The largest absolute Gasteiger partial charge is 0.381 e. The van der Waals surface area contributed by atoms with Crippen LogP contribution in [0.4, 0.5) is 0 Å². The Morgan fingerprint density at radius 1 is 0.854 bits per heavy atom. The molecule has 0 aromatic carbocycles. The molecule has 0 aromatic heterocycles. The smallest absolute Gasteiger partial charge is 0.0599 e. The van der Waals surface area contributed by atoms with Crippen LogP contribution in [0.2, 0.25) is 0 Å². The van der Waals surface area contributed by atoms with Gasteiger partial charge >= 0.3 is 0 Å². The van der Waals surface area contributed by atoms with Gasteiger partial charge in [-0.3, -0.25) is 0 Å². The molecule has 0 aliphatic carbocycles. The van der Waals surface area contributed by atoms with Gasteiger partial charge in [-0.25, -0.2) is 0 Å². The first-order chi connectivity index (χ1) is 19.0. The monoisotopic (exact) mass is 607 g/mol. The summed E-state index contributed by atoms with van der Waals surface area (Å²) in [4.78, 5) is 0. The zero-order valence-corrected chi connectivity index (χ0v) is 33.0. The Morgan fingerprint density at radius 2 is 1.32 bits per heavy atom. The Morgan fingerprint density at radius 3 is 1.61 bits per heavy atom. The van der Waals surface area contributed by atoms with E-state index in [0.717, 1.165) is 23.8 Å². The average molecular weight is 608 g/mol. The molecule has 0 saturated heterocycles. The molecule has 0 rings (SSSR count). The van der Waals surface area contributed by atoms with E-state index in [0.29, 0.717) is 35.9 Å². The Hall–Kier alpha value is -0.0900. The number of halogens is 1. The van der Waals surface area contributed by atoms with Crippen LogP contribution in [-0.4, -0.2) is 32.3 Å². The van der Waals surface area contributed by atoms with Gasteiger partial charge < -0.3 is 15.8 Å². The van der Waals surface area contributed by atoms with Crippen molar-refractivity contribution in [2.45, 2.75) is 181 Å². The van der Waals surface area contributed by atoms with Crippen molar-refractivity contribution in [3.05, 3.63) is 11.1 Å². The summed E-state index contributed by atoms with van der Waals surface area (Å²) < 4.78 is 5.76. The number of nitrogens with one attached hydrogen (secondary N) is 1. The second-order valence-corrected chi connectivity index (χ2v) is 13.2. The number of methoxy groups -OCH3 is 1. The molecule has 0 saturated carbocycles. The van der Waals surface area contributed by atoms with E-state index in [1.807, 2.05) is 34.8 Å².